The fraction of sp³-hybridized carbons (Fsp3) is 0.200. The Morgan fingerprint density at radius 3 is 2.33 bits per heavy atom. The molecule has 0 aliphatic rings. The molecule has 4 nitrogen and oxygen atoms in total. The molecule has 6 heteroatoms. The van der Waals surface area contributed by atoms with Gasteiger partial charge in [-0.1, -0.05) is 12.1 Å². The Morgan fingerprint density at radius 1 is 1.05 bits per heavy atom. The largest absolute Gasteiger partial charge is 0.495 e. The Bertz CT molecular complexity index is 772. The maximum absolute atomic E-state index is 13.7. The molecule has 0 saturated heterocycles. The maximum atomic E-state index is 13.7. The number of anilines is 1. The second-order valence-corrected chi connectivity index (χ2v) is 6.39. The summed E-state index contributed by atoms with van der Waals surface area (Å²) in [6, 6.07) is 9.02. The smallest absolute Gasteiger partial charge is 0.265 e. The van der Waals surface area contributed by atoms with Crippen molar-refractivity contribution in [1.82, 2.24) is 0 Å². The molecule has 112 valence electrons. The summed E-state index contributed by atoms with van der Waals surface area (Å²) in [7, 11) is -2.55. The van der Waals surface area contributed by atoms with Crippen LogP contribution in [-0.4, -0.2) is 15.5 Å². The molecule has 2 aromatic rings. The fourth-order valence-corrected chi connectivity index (χ4v) is 3.22. The van der Waals surface area contributed by atoms with Crippen LogP contribution in [0.1, 0.15) is 11.1 Å². The molecule has 0 aliphatic heterocycles. The molecule has 0 unspecified atom stereocenters. The molecule has 0 aromatic heterocycles. The quantitative estimate of drug-likeness (QED) is 0.943. The zero-order valence-corrected chi connectivity index (χ0v) is 12.8. The van der Waals surface area contributed by atoms with Gasteiger partial charge in [-0.2, -0.15) is 0 Å². The van der Waals surface area contributed by atoms with Crippen molar-refractivity contribution < 1.29 is 17.5 Å². The molecule has 2 aromatic carbocycles. The van der Waals surface area contributed by atoms with Crippen LogP contribution in [0.4, 0.5) is 10.1 Å². The van der Waals surface area contributed by atoms with Crippen molar-refractivity contribution in [2.24, 2.45) is 0 Å². The van der Waals surface area contributed by atoms with E-state index >= 15 is 0 Å². The molecular formula is C15H16FNO3S. The van der Waals surface area contributed by atoms with Crippen LogP contribution < -0.4 is 9.46 Å². The summed E-state index contributed by atoms with van der Waals surface area (Å²) in [5, 5.41) is 0. The standard InChI is InChI=1S/C15H16FNO3S/c1-10-4-6-12(16)13(8-10)17-21(18,19)15-9-11(2)5-7-14(15)20-3/h4-9,17H,1-3H3. The highest BCUT2D eigenvalue weighted by molar-refractivity contribution is 7.92. The number of hydrogen-bond acceptors (Lipinski definition) is 3. The van der Waals surface area contributed by atoms with Crippen molar-refractivity contribution in [1.29, 1.82) is 0 Å². The third-order valence-corrected chi connectivity index (χ3v) is 4.36. The normalized spacial score (nSPS) is 11.2. The van der Waals surface area contributed by atoms with Crippen LogP contribution in [0.2, 0.25) is 0 Å². The lowest BCUT2D eigenvalue weighted by Crippen LogP contribution is -2.15. The Hall–Kier alpha value is -2.08. The highest BCUT2D eigenvalue weighted by Crippen LogP contribution is 2.27. The number of nitrogens with one attached hydrogen (secondary N) is 1. The van der Waals surface area contributed by atoms with E-state index in [1.54, 1.807) is 32.0 Å². The molecule has 0 amide bonds. The predicted octanol–water partition coefficient (Wildman–Crippen LogP) is 3.25. The highest BCUT2D eigenvalue weighted by atomic mass is 32.2. The van der Waals surface area contributed by atoms with Crippen molar-refractivity contribution in [2.45, 2.75) is 18.7 Å². The van der Waals surface area contributed by atoms with Gasteiger partial charge in [0.2, 0.25) is 0 Å². The van der Waals surface area contributed by atoms with Crippen LogP contribution in [0.3, 0.4) is 0 Å². The average Bonchev–Trinajstić information content (AvgIpc) is 2.42. The molecule has 0 fully saturated rings. The summed E-state index contributed by atoms with van der Waals surface area (Å²) >= 11 is 0. The first-order chi connectivity index (χ1) is 9.83. The van der Waals surface area contributed by atoms with Crippen molar-refractivity contribution in [2.75, 3.05) is 11.8 Å². The first-order valence-electron chi connectivity index (χ1n) is 6.27. The van der Waals surface area contributed by atoms with Crippen LogP contribution in [0, 0.1) is 19.7 Å². The Kier molecular flexibility index (Phi) is 4.18. The Morgan fingerprint density at radius 2 is 1.67 bits per heavy atom. The van der Waals surface area contributed by atoms with E-state index in [4.69, 9.17) is 4.74 Å². The molecule has 2 rings (SSSR count). The molecule has 0 radical (unpaired) electrons. The number of aryl methyl sites for hydroxylation is 2. The summed E-state index contributed by atoms with van der Waals surface area (Å²) in [4.78, 5) is -0.0223. The van der Waals surface area contributed by atoms with Gasteiger partial charge in [0, 0.05) is 0 Å². The number of hydrogen-bond donors (Lipinski definition) is 1. The topological polar surface area (TPSA) is 55.4 Å². The van der Waals surface area contributed by atoms with Crippen molar-refractivity contribution in [3.05, 3.63) is 53.3 Å². The molecule has 0 spiro atoms. The van der Waals surface area contributed by atoms with E-state index in [9.17, 15) is 12.8 Å². The predicted molar refractivity (Wildman–Crippen MR) is 79.7 cm³/mol. The minimum atomic E-state index is -3.93. The lowest BCUT2D eigenvalue weighted by atomic mass is 10.2. The Labute approximate surface area is 123 Å². The van der Waals surface area contributed by atoms with Gasteiger partial charge in [-0.15, -0.1) is 0 Å². The first kappa shape index (κ1) is 15.3. The molecule has 0 saturated carbocycles. The monoisotopic (exact) mass is 309 g/mol. The number of rotatable bonds is 4. The van der Waals surface area contributed by atoms with Gasteiger partial charge in [0.25, 0.3) is 10.0 Å². The molecule has 0 atom stereocenters. The van der Waals surface area contributed by atoms with E-state index in [1.165, 1.54) is 25.3 Å². The van der Waals surface area contributed by atoms with Crippen LogP contribution in [0.25, 0.3) is 0 Å². The maximum Gasteiger partial charge on any atom is 0.265 e. The highest BCUT2D eigenvalue weighted by Gasteiger charge is 2.21. The van der Waals surface area contributed by atoms with Crippen molar-refractivity contribution in [3.8, 4) is 5.75 Å². The average molecular weight is 309 g/mol. The lowest BCUT2D eigenvalue weighted by Gasteiger charge is -2.13. The SMILES string of the molecule is COc1ccc(C)cc1S(=O)(=O)Nc1cc(C)ccc1F. The van der Waals surface area contributed by atoms with Crippen LogP contribution >= 0.6 is 0 Å². The third-order valence-electron chi connectivity index (χ3n) is 2.97. The van der Waals surface area contributed by atoms with Gasteiger partial charge in [-0.05, 0) is 49.2 Å². The van der Waals surface area contributed by atoms with E-state index in [0.29, 0.717) is 0 Å². The zero-order chi connectivity index (χ0) is 15.6. The summed E-state index contributed by atoms with van der Waals surface area (Å²) in [6.07, 6.45) is 0. The molecule has 0 heterocycles. The summed E-state index contributed by atoms with van der Waals surface area (Å²) in [6.45, 7) is 3.52. The second kappa shape index (κ2) is 5.73. The fourth-order valence-electron chi connectivity index (χ4n) is 1.91. The molecule has 0 aliphatic carbocycles. The summed E-state index contributed by atoms with van der Waals surface area (Å²) < 4.78 is 45.9. The number of benzene rings is 2. The summed E-state index contributed by atoms with van der Waals surface area (Å²) in [5.74, 6) is -0.419. The molecular weight excluding hydrogens is 293 g/mol. The van der Waals surface area contributed by atoms with Crippen molar-refractivity contribution >= 4 is 15.7 Å². The number of methoxy groups -OCH3 is 1. The molecule has 0 bridgehead atoms. The van der Waals surface area contributed by atoms with Crippen LogP contribution in [0.15, 0.2) is 41.3 Å². The Balaban J connectivity index is 2.48. The first-order valence-corrected chi connectivity index (χ1v) is 7.75. The molecule has 21 heavy (non-hydrogen) atoms. The second-order valence-electron chi connectivity index (χ2n) is 4.74. The van der Waals surface area contributed by atoms with E-state index in [2.05, 4.69) is 4.72 Å². The molecule has 1 N–H and O–H groups in total. The third kappa shape index (κ3) is 3.33. The van der Waals surface area contributed by atoms with E-state index in [0.717, 1.165) is 11.1 Å². The minimum absolute atomic E-state index is 0.0223. The number of sulfonamides is 1. The zero-order valence-electron chi connectivity index (χ0n) is 12.0. The van der Waals surface area contributed by atoms with Crippen LogP contribution in [-0.2, 0) is 10.0 Å². The van der Waals surface area contributed by atoms with Gasteiger partial charge in [-0.25, -0.2) is 12.8 Å². The van der Waals surface area contributed by atoms with Gasteiger partial charge < -0.3 is 4.74 Å². The van der Waals surface area contributed by atoms with Crippen molar-refractivity contribution in [3.63, 3.8) is 0 Å². The number of ether oxygens (including phenoxy) is 1. The van der Waals surface area contributed by atoms with E-state index in [-0.39, 0.29) is 16.3 Å². The van der Waals surface area contributed by atoms with Gasteiger partial charge in [0.05, 0.1) is 12.8 Å². The minimum Gasteiger partial charge on any atom is -0.495 e. The van der Waals surface area contributed by atoms with E-state index < -0.39 is 15.8 Å². The lowest BCUT2D eigenvalue weighted by molar-refractivity contribution is 0.402. The number of halogens is 1. The van der Waals surface area contributed by atoms with Gasteiger partial charge >= 0.3 is 0 Å². The van der Waals surface area contributed by atoms with Gasteiger partial charge in [0.1, 0.15) is 16.5 Å². The summed E-state index contributed by atoms with van der Waals surface area (Å²) in [5.41, 5.74) is 1.43. The van der Waals surface area contributed by atoms with E-state index in [1.807, 2.05) is 0 Å². The van der Waals surface area contributed by atoms with Crippen LogP contribution in [0.5, 0.6) is 5.75 Å². The van der Waals surface area contributed by atoms with Gasteiger partial charge in [0.15, 0.2) is 0 Å². The van der Waals surface area contributed by atoms with Gasteiger partial charge in [-0.3, -0.25) is 4.72 Å².